The molecule has 4 unspecified atom stereocenters. The van der Waals surface area contributed by atoms with E-state index in [0.717, 1.165) is 0 Å². The zero-order valence-electron chi connectivity index (χ0n) is 20.9. The summed E-state index contributed by atoms with van der Waals surface area (Å²) in [4.78, 5) is 40.4. The van der Waals surface area contributed by atoms with Crippen LogP contribution in [-0.4, -0.2) is 95.2 Å². The fraction of sp³-hybridized carbons (Fsp3) is 0.857. The number of carbonyl (C=O) groups excluding carboxylic acids is 2. The fourth-order valence-electron chi connectivity index (χ4n) is 4.23. The molecule has 2 saturated heterocycles. The Kier molecular flexibility index (Phi) is 11.9. The van der Waals surface area contributed by atoms with Crippen molar-refractivity contribution in [2.45, 2.75) is 89.5 Å². The van der Waals surface area contributed by atoms with Crippen molar-refractivity contribution in [1.29, 1.82) is 0 Å². The molecule has 2 rings (SSSR count). The van der Waals surface area contributed by atoms with Crippen molar-refractivity contribution >= 4 is 17.8 Å². The first-order valence-corrected chi connectivity index (χ1v) is 11.9. The maximum absolute atomic E-state index is 11.8. The van der Waals surface area contributed by atoms with Crippen LogP contribution in [-0.2, 0) is 33.4 Å². The van der Waals surface area contributed by atoms with Crippen molar-refractivity contribution in [2.24, 2.45) is 17.7 Å². The van der Waals surface area contributed by atoms with Gasteiger partial charge in [0.15, 0.2) is 12.4 Å². The van der Waals surface area contributed by atoms with Gasteiger partial charge in [-0.15, -0.1) is 5.59 Å². The minimum Gasteiger partial charge on any atom is -0.479 e. The first-order valence-electron chi connectivity index (χ1n) is 11.9. The third-order valence-electron chi connectivity index (χ3n) is 6.51. The predicted octanol–water partition coefficient (Wildman–Crippen LogP) is -2.74. The number of carbonyl (C=O) groups is 3. The molecule has 0 spiro atoms. The molecular weight excluding hydrogens is 482 g/mol. The Hall–Kier alpha value is -1.95. The number of nitrogens with one attached hydrogen (secondary N) is 4. The summed E-state index contributed by atoms with van der Waals surface area (Å²) in [5.41, 5.74) is 7.06. The summed E-state index contributed by atoms with van der Waals surface area (Å²) in [5.74, 6) is 2.23. The third-order valence-corrected chi connectivity index (χ3v) is 6.51. The highest BCUT2D eigenvalue weighted by molar-refractivity contribution is 5.75. The van der Waals surface area contributed by atoms with Gasteiger partial charge in [-0.3, -0.25) is 31.1 Å². The van der Waals surface area contributed by atoms with E-state index in [1.807, 2.05) is 0 Å². The smallest absolute Gasteiger partial charge is 0.333 e. The molecule has 0 radical (unpaired) electrons. The summed E-state index contributed by atoms with van der Waals surface area (Å²) in [6.45, 7) is 6.53. The predicted molar refractivity (Wildman–Crippen MR) is 122 cm³/mol. The number of aliphatic hydroxyl groups is 2. The molecule has 208 valence electrons. The molecule has 2 aliphatic rings. The van der Waals surface area contributed by atoms with Gasteiger partial charge in [-0.05, 0) is 25.2 Å². The summed E-state index contributed by atoms with van der Waals surface area (Å²) in [6, 6.07) is -0.841. The van der Waals surface area contributed by atoms with E-state index in [9.17, 15) is 29.7 Å². The highest BCUT2D eigenvalue weighted by Crippen LogP contribution is 2.34. The van der Waals surface area contributed by atoms with Crippen molar-refractivity contribution in [3.8, 4) is 0 Å². The molecule has 0 bridgehead atoms. The maximum Gasteiger partial charge on any atom is 0.333 e. The Morgan fingerprint density at radius 1 is 1.06 bits per heavy atom. The second-order valence-corrected chi connectivity index (χ2v) is 9.19. The SMILES string of the molecule is CC(=O)NC1[C@H](C)OC(CONNC(=O)CCCNN)[C@@H](O)[C@@H]1O[C@@H]1OC(C(=O)O)[C@@H](C)[C@H](C)C1O. The topological polar surface area (TPSA) is 223 Å². The highest BCUT2D eigenvalue weighted by Gasteiger charge is 2.50. The van der Waals surface area contributed by atoms with Crippen molar-refractivity contribution < 1.29 is 48.8 Å². The van der Waals surface area contributed by atoms with Crippen LogP contribution in [0, 0.1) is 11.8 Å². The van der Waals surface area contributed by atoms with Crippen LogP contribution in [0.1, 0.15) is 40.5 Å². The quantitative estimate of drug-likeness (QED) is 0.0742. The molecule has 0 aromatic heterocycles. The van der Waals surface area contributed by atoms with Gasteiger partial charge in [0, 0.05) is 19.9 Å². The van der Waals surface area contributed by atoms with Crippen LogP contribution in [0.4, 0.5) is 0 Å². The average molecular weight is 522 g/mol. The molecule has 2 aliphatic heterocycles. The van der Waals surface area contributed by atoms with Crippen LogP contribution in [0.25, 0.3) is 0 Å². The van der Waals surface area contributed by atoms with E-state index in [0.29, 0.717) is 13.0 Å². The largest absolute Gasteiger partial charge is 0.479 e. The molecule has 9 N–H and O–H groups in total. The minimum atomic E-state index is -1.38. The fourth-order valence-corrected chi connectivity index (χ4v) is 4.23. The van der Waals surface area contributed by atoms with Gasteiger partial charge < -0.3 is 34.8 Å². The lowest BCUT2D eigenvalue weighted by Crippen LogP contribution is -2.66. The summed E-state index contributed by atoms with van der Waals surface area (Å²) in [6.07, 6.45) is -7.21. The number of hydrogen-bond donors (Lipinski definition) is 8. The van der Waals surface area contributed by atoms with Crippen LogP contribution in [0.2, 0.25) is 0 Å². The Bertz CT molecular complexity index is 746. The molecule has 15 heteroatoms. The van der Waals surface area contributed by atoms with E-state index in [1.165, 1.54) is 6.92 Å². The molecule has 36 heavy (non-hydrogen) atoms. The summed E-state index contributed by atoms with van der Waals surface area (Å²) in [5, 5.41) is 33.9. The van der Waals surface area contributed by atoms with Gasteiger partial charge in [0.2, 0.25) is 11.8 Å². The summed E-state index contributed by atoms with van der Waals surface area (Å²) < 4.78 is 17.3. The maximum atomic E-state index is 11.8. The van der Waals surface area contributed by atoms with Crippen molar-refractivity contribution in [2.75, 3.05) is 13.2 Å². The third kappa shape index (κ3) is 8.03. The van der Waals surface area contributed by atoms with E-state index in [2.05, 4.69) is 21.8 Å². The average Bonchev–Trinajstić information content (AvgIpc) is 2.81. The Balaban J connectivity index is 2.06. The number of ether oxygens (including phenoxy) is 3. The first-order chi connectivity index (χ1) is 17.0. The van der Waals surface area contributed by atoms with Crippen LogP contribution in [0.5, 0.6) is 0 Å². The van der Waals surface area contributed by atoms with Crippen molar-refractivity contribution in [3.05, 3.63) is 0 Å². The molecule has 10 atom stereocenters. The lowest BCUT2D eigenvalue weighted by Gasteiger charge is -2.47. The van der Waals surface area contributed by atoms with Gasteiger partial charge in [0.1, 0.15) is 24.4 Å². The zero-order valence-corrected chi connectivity index (χ0v) is 20.9. The summed E-state index contributed by atoms with van der Waals surface area (Å²) in [7, 11) is 0. The Morgan fingerprint density at radius 3 is 2.36 bits per heavy atom. The van der Waals surface area contributed by atoms with E-state index < -0.39 is 72.7 Å². The van der Waals surface area contributed by atoms with E-state index in [4.69, 9.17) is 24.9 Å². The molecule has 15 nitrogen and oxygen atoms in total. The standard InChI is InChI=1S/C21H39N5O10/c1-9-10(2)18(20(31)32)35-21(16(9)29)36-19-15(24-12(4)27)11(3)34-13(17(19)30)8-33-26-25-14(28)6-5-7-23-22/h9-11,13,15-19,21,23,26,29-30H,5-8,22H2,1-4H3,(H,24,27)(H,25,28)(H,31,32)/t9-,10-,11-,13?,15?,16?,17+,18?,19+,21-/m0/s1. The number of rotatable bonds is 12. The van der Waals surface area contributed by atoms with Crippen molar-refractivity contribution in [3.63, 3.8) is 0 Å². The first kappa shape index (κ1) is 30.3. The number of nitrogens with two attached hydrogens (primary N) is 1. The van der Waals surface area contributed by atoms with E-state index in [-0.39, 0.29) is 18.9 Å². The second kappa shape index (κ2) is 14.1. The molecule has 2 fully saturated rings. The van der Waals surface area contributed by atoms with Crippen LogP contribution in [0.3, 0.4) is 0 Å². The van der Waals surface area contributed by atoms with Gasteiger partial charge in [0.25, 0.3) is 0 Å². The van der Waals surface area contributed by atoms with Gasteiger partial charge in [-0.25, -0.2) is 4.79 Å². The van der Waals surface area contributed by atoms with Gasteiger partial charge in [-0.2, -0.15) is 0 Å². The molecule has 2 amide bonds. The number of carboxylic acids is 1. The van der Waals surface area contributed by atoms with Gasteiger partial charge in [-0.1, -0.05) is 13.8 Å². The minimum absolute atomic E-state index is 0.201. The number of hydrogen-bond acceptors (Lipinski definition) is 12. The van der Waals surface area contributed by atoms with Gasteiger partial charge in [0.05, 0.1) is 18.8 Å². The van der Waals surface area contributed by atoms with Crippen LogP contribution >= 0.6 is 0 Å². The number of aliphatic carboxylic acids is 1. The zero-order chi connectivity index (χ0) is 27.0. The molecular formula is C21H39N5O10. The van der Waals surface area contributed by atoms with E-state index >= 15 is 0 Å². The Labute approximate surface area is 209 Å². The van der Waals surface area contributed by atoms with Crippen LogP contribution in [0.15, 0.2) is 0 Å². The number of amides is 2. The monoisotopic (exact) mass is 521 g/mol. The highest BCUT2D eigenvalue weighted by atomic mass is 16.7. The lowest BCUT2D eigenvalue weighted by molar-refractivity contribution is -0.312. The molecule has 0 saturated carbocycles. The summed E-state index contributed by atoms with van der Waals surface area (Å²) >= 11 is 0. The molecule has 2 heterocycles. The number of carboxylic acid groups (broad SMARTS) is 1. The number of aliphatic hydroxyl groups excluding tert-OH is 2. The van der Waals surface area contributed by atoms with E-state index in [1.54, 1.807) is 20.8 Å². The number of hydrazine groups is 2. The molecule has 0 aliphatic carbocycles. The van der Waals surface area contributed by atoms with Crippen molar-refractivity contribution in [1.82, 2.24) is 21.8 Å². The normalized spacial score (nSPS) is 36.8. The lowest BCUT2D eigenvalue weighted by atomic mass is 9.83. The molecule has 0 aromatic carbocycles. The van der Waals surface area contributed by atoms with Gasteiger partial charge >= 0.3 is 5.97 Å². The van der Waals surface area contributed by atoms with Crippen LogP contribution < -0.4 is 27.6 Å². The second-order valence-electron chi connectivity index (χ2n) is 9.19. The Morgan fingerprint density at radius 2 is 1.75 bits per heavy atom. The molecule has 0 aromatic rings.